The Kier molecular flexibility index (Phi) is 4.27. The lowest BCUT2D eigenvalue weighted by Gasteiger charge is -2.29. The zero-order valence-corrected chi connectivity index (χ0v) is 10.3. The van der Waals surface area contributed by atoms with Crippen LogP contribution in [-0.4, -0.2) is 11.3 Å². The highest BCUT2D eigenvalue weighted by Gasteiger charge is 2.25. The number of allylic oxidation sites excluding steroid dienone is 2. The first-order valence-electron chi connectivity index (χ1n) is 5.26. The van der Waals surface area contributed by atoms with Crippen LogP contribution >= 0.6 is 12.2 Å². The van der Waals surface area contributed by atoms with Gasteiger partial charge in [0, 0.05) is 12.1 Å². The molecule has 3 N–H and O–H groups in total. The normalized spacial score (nSPS) is 31.4. The zero-order chi connectivity index (χ0) is 11.4. The van der Waals surface area contributed by atoms with Crippen LogP contribution in [-0.2, 0) is 0 Å². The van der Waals surface area contributed by atoms with Gasteiger partial charge in [-0.25, -0.2) is 0 Å². The Bertz CT molecular complexity index is 296. The second-order valence-electron chi connectivity index (χ2n) is 4.39. The monoisotopic (exact) mass is 225 g/mol. The van der Waals surface area contributed by atoms with Crippen LogP contribution in [0.4, 0.5) is 0 Å². The molecule has 3 atom stereocenters. The molecule has 0 bridgehead atoms. The Balaban J connectivity index is 2.61. The molecular weight excluding hydrogens is 206 g/mol. The number of hydrazone groups is 1. The number of rotatable bonds is 2. The number of nitrogens with zero attached hydrogens (tertiary/aromatic N) is 1. The first-order valence-corrected chi connectivity index (χ1v) is 5.67. The summed E-state index contributed by atoms with van der Waals surface area (Å²) >= 11 is 4.68. The fourth-order valence-electron chi connectivity index (χ4n) is 2.26. The van der Waals surface area contributed by atoms with Crippen molar-refractivity contribution in [2.24, 2.45) is 28.6 Å². The van der Waals surface area contributed by atoms with Gasteiger partial charge in [0.1, 0.15) is 0 Å². The summed E-state index contributed by atoms with van der Waals surface area (Å²) in [5, 5.41) is 4.27. The summed E-state index contributed by atoms with van der Waals surface area (Å²) in [5.41, 5.74) is 9.37. The van der Waals surface area contributed by atoms with Gasteiger partial charge in [-0.3, -0.25) is 5.43 Å². The molecule has 15 heavy (non-hydrogen) atoms. The summed E-state index contributed by atoms with van der Waals surface area (Å²) in [7, 11) is 0. The van der Waals surface area contributed by atoms with Gasteiger partial charge >= 0.3 is 0 Å². The van der Waals surface area contributed by atoms with E-state index < -0.39 is 0 Å². The largest absolute Gasteiger partial charge is 0.375 e. The second kappa shape index (κ2) is 5.26. The first-order chi connectivity index (χ1) is 7.00. The van der Waals surface area contributed by atoms with Crippen molar-refractivity contribution in [2.75, 3.05) is 0 Å². The van der Waals surface area contributed by atoms with Crippen molar-refractivity contribution in [3.63, 3.8) is 0 Å². The summed E-state index contributed by atoms with van der Waals surface area (Å²) in [6.07, 6.45) is 5.39. The Morgan fingerprint density at radius 2 is 2.33 bits per heavy atom. The number of hydrogen-bond donors (Lipinski definition) is 2. The van der Waals surface area contributed by atoms with E-state index in [1.165, 1.54) is 5.57 Å². The quantitative estimate of drug-likeness (QED) is 0.327. The van der Waals surface area contributed by atoms with Crippen LogP contribution in [0.25, 0.3) is 0 Å². The highest BCUT2D eigenvalue weighted by molar-refractivity contribution is 7.80. The van der Waals surface area contributed by atoms with Crippen LogP contribution in [0.3, 0.4) is 0 Å². The Hall–Kier alpha value is -0.900. The minimum Gasteiger partial charge on any atom is -0.375 e. The molecule has 1 aliphatic carbocycles. The molecule has 1 aliphatic rings. The van der Waals surface area contributed by atoms with Gasteiger partial charge in [0.15, 0.2) is 5.11 Å². The van der Waals surface area contributed by atoms with Gasteiger partial charge in [0.25, 0.3) is 0 Å². The Morgan fingerprint density at radius 1 is 1.67 bits per heavy atom. The maximum absolute atomic E-state index is 5.29. The average molecular weight is 225 g/mol. The molecule has 0 heterocycles. The van der Waals surface area contributed by atoms with Crippen LogP contribution in [0, 0.1) is 17.8 Å². The van der Waals surface area contributed by atoms with Crippen molar-refractivity contribution in [3.8, 4) is 0 Å². The highest BCUT2D eigenvalue weighted by atomic mass is 32.1. The van der Waals surface area contributed by atoms with Crippen LogP contribution in [0.2, 0.25) is 0 Å². The lowest BCUT2D eigenvalue weighted by molar-refractivity contribution is 0.362. The number of hydrogen-bond acceptors (Lipinski definition) is 2. The third kappa shape index (κ3) is 3.63. The maximum Gasteiger partial charge on any atom is 0.184 e. The Labute approximate surface area is 96.8 Å². The van der Waals surface area contributed by atoms with Gasteiger partial charge in [0.05, 0.1) is 0 Å². The zero-order valence-electron chi connectivity index (χ0n) is 9.53. The molecule has 0 radical (unpaired) electrons. The molecule has 0 spiro atoms. The summed E-state index contributed by atoms with van der Waals surface area (Å²) in [4.78, 5) is 0. The van der Waals surface area contributed by atoms with Gasteiger partial charge in [-0.2, -0.15) is 5.10 Å². The smallest absolute Gasteiger partial charge is 0.184 e. The van der Waals surface area contributed by atoms with Crippen molar-refractivity contribution in [1.29, 1.82) is 0 Å². The minimum absolute atomic E-state index is 0.217. The summed E-state index contributed by atoms with van der Waals surface area (Å²) in [6.45, 7) is 6.66. The summed E-state index contributed by atoms with van der Waals surface area (Å²) in [6, 6.07) is 0. The molecule has 3 unspecified atom stereocenters. The van der Waals surface area contributed by atoms with Crippen molar-refractivity contribution in [2.45, 2.75) is 27.2 Å². The molecule has 1 rings (SSSR count). The molecule has 84 valence electrons. The predicted octanol–water partition coefficient (Wildman–Crippen LogP) is 2.04. The minimum atomic E-state index is 0.217. The fraction of sp³-hybridized carbons (Fsp3) is 0.636. The molecule has 4 heteroatoms. The lowest BCUT2D eigenvalue weighted by atomic mass is 9.76. The maximum atomic E-state index is 5.29. The number of nitrogens with one attached hydrogen (secondary N) is 1. The van der Waals surface area contributed by atoms with E-state index in [0.717, 1.165) is 6.42 Å². The topological polar surface area (TPSA) is 50.4 Å². The molecule has 0 aromatic rings. The van der Waals surface area contributed by atoms with Crippen molar-refractivity contribution >= 4 is 23.5 Å². The van der Waals surface area contributed by atoms with E-state index in [1.807, 2.05) is 6.21 Å². The first kappa shape index (κ1) is 12.2. The summed E-state index contributed by atoms with van der Waals surface area (Å²) in [5.74, 6) is 1.63. The van der Waals surface area contributed by atoms with Gasteiger partial charge in [0.2, 0.25) is 0 Å². The van der Waals surface area contributed by atoms with Crippen molar-refractivity contribution < 1.29 is 0 Å². The van der Waals surface area contributed by atoms with Gasteiger partial charge < -0.3 is 5.73 Å². The molecule has 0 saturated carbocycles. The fourth-order valence-corrected chi connectivity index (χ4v) is 2.31. The van der Waals surface area contributed by atoms with Gasteiger partial charge in [-0.1, -0.05) is 25.5 Å². The third-order valence-electron chi connectivity index (χ3n) is 2.88. The molecular formula is C11H19N3S. The van der Waals surface area contributed by atoms with E-state index in [0.29, 0.717) is 17.8 Å². The molecule has 0 fully saturated rings. The van der Waals surface area contributed by atoms with Crippen LogP contribution in [0.15, 0.2) is 16.8 Å². The predicted molar refractivity (Wildman–Crippen MR) is 68.6 cm³/mol. The van der Waals surface area contributed by atoms with E-state index >= 15 is 0 Å². The van der Waals surface area contributed by atoms with Crippen LogP contribution in [0.1, 0.15) is 27.2 Å². The molecule has 0 aliphatic heterocycles. The third-order valence-corrected chi connectivity index (χ3v) is 2.97. The van der Waals surface area contributed by atoms with E-state index in [2.05, 4.69) is 49.6 Å². The molecule has 0 aromatic carbocycles. The van der Waals surface area contributed by atoms with Gasteiger partial charge in [-0.15, -0.1) is 0 Å². The van der Waals surface area contributed by atoms with Crippen LogP contribution in [0.5, 0.6) is 0 Å². The van der Waals surface area contributed by atoms with Crippen LogP contribution < -0.4 is 11.2 Å². The highest BCUT2D eigenvalue weighted by Crippen LogP contribution is 2.31. The average Bonchev–Trinajstić information content (AvgIpc) is 2.08. The van der Waals surface area contributed by atoms with E-state index in [4.69, 9.17) is 5.73 Å². The SMILES string of the molecule is CC1=CC(C)C(C=NNC(N)=S)C(C)C1. The molecule has 0 amide bonds. The van der Waals surface area contributed by atoms with E-state index in [1.54, 1.807) is 0 Å². The second-order valence-corrected chi connectivity index (χ2v) is 4.82. The number of nitrogens with two attached hydrogens (primary N) is 1. The lowest BCUT2D eigenvalue weighted by Crippen LogP contribution is -2.28. The van der Waals surface area contributed by atoms with Gasteiger partial charge in [-0.05, 0) is 37.4 Å². The molecule has 0 aromatic heterocycles. The molecule has 0 saturated heterocycles. The van der Waals surface area contributed by atoms with Crippen molar-refractivity contribution in [3.05, 3.63) is 11.6 Å². The van der Waals surface area contributed by atoms with Crippen molar-refractivity contribution in [1.82, 2.24) is 5.43 Å². The Morgan fingerprint density at radius 3 is 2.87 bits per heavy atom. The number of thiocarbonyl (C=S) groups is 1. The van der Waals surface area contributed by atoms with E-state index in [-0.39, 0.29) is 5.11 Å². The molecule has 3 nitrogen and oxygen atoms in total. The van der Waals surface area contributed by atoms with E-state index in [9.17, 15) is 0 Å². The standard InChI is InChI=1S/C11H19N3S/c1-7-4-8(2)10(9(3)5-7)6-13-14-11(12)15/h4,6,8-10H,5H2,1-3H3,(H3,12,14,15). The summed E-state index contributed by atoms with van der Waals surface area (Å²) < 4.78 is 0.